The molecular formula is C17H24N2O3. The van der Waals surface area contributed by atoms with Crippen molar-refractivity contribution in [3.63, 3.8) is 0 Å². The lowest BCUT2D eigenvalue weighted by Gasteiger charge is -2.32. The minimum absolute atomic E-state index is 0.209. The lowest BCUT2D eigenvalue weighted by Crippen LogP contribution is -2.36. The van der Waals surface area contributed by atoms with Crippen LogP contribution in [-0.2, 0) is 14.3 Å². The number of ether oxygens (including phenoxy) is 2. The zero-order valence-electron chi connectivity index (χ0n) is 13.1. The van der Waals surface area contributed by atoms with Gasteiger partial charge in [-0.15, -0.1) is 0 Å². The van der Waals surface area contributed by atoms with E-state index in [2.05, 4.69) is 34.3 Å². The number of anilines is 1. The summed E-state index contributed by atoms with van der Waals surface area (Å²) in [5.41, 5.74) is 2.29. The van der Waals surface area contributed by atoms with E-state index in [1.807, 2.05) is 6.92 Å². The normalized spacial score (nSPS) is 25.2. The Balaban J connectivity index is 1.44. The smallest absolute Gasteiger partial charge is 0.132 e. The van der Waals surface area contributed by atoms with Crippen molar-refractivity contribution in [1.82, 2.24) is 0 Å². The predicted molar refractivity (Wildman–Crippen MR) is 86.6 cm³/mol. The van der Waals surface area contributed by atoms with Crippen LogP contribution in [-0.4, -0.2) is 51.3 Å². The van der Waals surface area contributed by atoms with Crippen LogP contribution >= 0.6 is 0 Å². The van der Waals surface area contributed by atoms with E-state index >= 15 is 0 Å². The number of hydrogen-bond donors (Lipinski definition) is 0. The predicted octanol–water partition coefficient (Wildman–Crippen LogP) is 2.44. The van der Waals surface area contributed by atoms with Crippen LogP contribution in [0.1, 0.15) is 25.3 Å². The molecule has 0 N–H and O–H groups in total. The molecule has 1 saturated carbocycles. The Bertz CT molecular complexity index is 477. The second-order valence-electron chi connectivity index (χ2n) is 5.70. The summed E-state index contributed by atoms with van der Waals surface area (Å²) in [5.74, 6) is 0. The van der Waals surface area contributed by atoms with Crippen LogP contribution in [0.4, 0.5) is 5.69 Å². The van der Waals surface area contributed by atoms with E-state index < -0.39 is 0 Å². The van der Waals surface area contributed by atoms with Crippen molar-refractivity contribution in [3.05, 3.63) is 29.8 Å². The van der Waals surface area contributed by atoms with E-state index in [1.165, 1.54) is 5.69 Å². The third kappa shape index (κ3) is 3.99. The van der Waals surface area contributed by atoms with Gasteiger partial charge in [-0.3, -0.25) is 0 Å². The SMILES string of the molecule is CCOC1CC(ON=Cc2ccc(N3CCOCC3)cc2)C1. The summed E-state index contributed by atoms with van der Waals surface area (Å²) < 4.78 is 10.9. The van der Waals surface area contributed by atoms with Crippen LogP contribution in [0.25, 0.3) is 0 Å². The standard InChI is InChI=1S/C17H24N2O3/c1-2-21-16-11-17(12-16)22-18-13-14-3-5-15(6-4-14)19-7-9-20-10-8-19/h3-6,13,16-17H,2,7-12H2,1H3. The van der Waals surface area contributed by atoms with E-state index in [-0.39, 0.29) is 6.10 Å². The second kappa shape index (κ2) is 7.61. The minimum atomic E-state index is 0.209. The van der Waals surface area contributed by atoms with Crippen molar-refractivity contribution in [1.29, 1.82) is 0 Å². The fraction of sp³-hybridized carbons (Fsp3) is 0.588. The van der Waals surface area contributed by atoms with Gasteiger partial charge in [-0.25, -0.2) is 0 Å². The molecule has 0 aromatic heterocycles. The molecule has 0 bridgehead atoms. The number of oxime groups is 1. The highest BCUT2D eigenvalue weighted by Crippen LogP contribution is 2.26. The first kappa shape index (κ1) is 15.3. The molecule has 0 atom stereocenters. The number of rotatable bonds is 6. The molecule has 1 aromatic carbocycles. The van der Waals surface area contributed by atoms with Gasteiger partial charge in [0.1, 0.15) is 6.10 Å². The molecule has 0 amide bonds. The Morgan fingerprint density at radius 2 is 1.91 bits per heavy atom. The summed E-state index contributed by atoms with van der Waals surface area (Å²) in [4.78, 5) is 7.80. The van der Waals surface area contributed by atoms with Crippen molar-refractivity contribution in [2.75, 3.05) is 37.8 Å². The maximum atomic E-state index is 5.50. The van der Waals surface area contributed by atoms with Crippen molar-refractivity contribution in [2.45, 2.75) is 32.0 Å². The lowest BCUT2D eigenvalue weighted by atomic mass is 9.92. The van der Waals surface area contributed by atoms with Gasteiger partial charge in [-0.05, 0) is 24.6 Å². The quantitative estimate of drug-likeness (QED) is 0.598. The first-order valence-corrected chi connectivity index (χ1v) is 8.08. The van der Waals surface area contributed by atoms with E-state index in [0.29, 0.717) is 6.10 Å². The van der Waals surface area contributed by atoms with E-state index in [1.54, 1.807) is 6.21 Å². The van der Waals surface area contributed by atoms with Crippen LogP contribution in [0.2, 0.25) is 0 Å². The molecule has 3 rings (SSSR count). The Hall–Kier alpha value is -1.59. The van der Waals surface area contributed by atoms with E-state index in [9.17, 15) is 0 Å². The highest BCUT2D eigenvalue weighted by Gasteiger charge is 2.31. The highest BCUT2D eigenvalue weighted by molar-refractivity contribution is 5.79. The molecule has 0 radical (unpaired) electrons. The summed E-state index contributed by atoms with van der Waals surface area (Å²) in [5, 5.41) is 4.09. The van der Waals surface area contributed by atoms with Gasteiger partial charge in [-0.2, -0.15) is 0 Å². The molecule has 0 unspecified atom stereocenters. The van der Waals surface area contributed by atoms with Gasteiger partial charge < -0.3 is 19.2 Å². The average Bonchev–Trinajstić information content (AvgIpc) is 2.54. The highest BCUT2D eigenvalue weighted by atomic mass is 16.6. The Kier molecular flexibility index (Phi) is 5.29. The number of morpholine rings is 1. The van der Waals surface area contributed by atoms with Gasteiger partial charge in [-0.1, -0.05) is 17.3 Å². The van der Waals surface area contributed by atoms with Gasteiger partial charge in [0.2, 0.25) is 0 Å². The fourth-order valence-electron chi connectivity index (χ4n) is 2.75. The van der Waals surface area contributed by atoms with Crippen molar-refractivity contribution < 1.29 is 14.3 Å². The van der Waals surface area contributed by atoms with Crippen LogP contribution in [0.15, 0.2) is 29.4 Å². The summed E-state index contributed by atoms with van der Waals surface area (Å²) in [6.45, 7) is 6.32. The van der Waals surface area contributed by atoms with Gasteiger partial charge in [0.05, 0.1) is 25.5 Å². The Labute approximate surface area is 131 Å². The molecule has 2 fully saturated rings. The lowest BCUT2D eigenvalue weighted by molar-refractivity contribution is -0.0971. The Morgan fingerprint density at radius 3 is 2.59 bits per heavy atom. The molecule has 1 aliphatic heterocycles. The molecule has 1 saturated heterocycles. The summed E-state index contributed by atoms with van der Waals surface area (Å²) in [7, 11) is 0. The third-order valence-corrected chi connectivity index (χ3v) is 4.13. The van der Waals surface area contributed by atoms with Crippen LogP contribution in [0, 0.1) is 0 Å². The molecular weight excluding hydrogens is 280 g/mol. The first-order valence-electron chi connectivity index (χ1n) is 8.08. The van der Waals surface area contributed by atoms with E-state index in [0.717, 1.165) is 51.3 Å². The molecule has 1 aliphatic carbocycles. The van der Waals surface area contributed by atoms with Crippen LogP contribution < -0.4 is 4.90 Å². The van der Waals surface area contributed by atoms with Gasteiger partial charge in [0, 0.05) is 38.2 Å². The Morgan fingerprint density at radius 1 is 1.18 bits per heavy atom. The van der Waals surface area contributed by atoms with Crippen molar-refractivity contribution in [3.8, 4) is 0 Å². The monoisotopic (exact) mass is 304 g/mol. The van der Waals surface area contributed by atoms with Gasteiger partial charge in [0.15, 0.2) is 0 Å². The summed E-state index contributed by atoms with van der Waals surface area (Å²) in [6, 6.07) is 8.39. The number of nitrogens with zero attached hydrogens (tertiary/aromatic N) is 2. The topological polar surface area (TPSA) is 43.3 Å². The second-order valence-corrected chi connectivity index (χ2v) is 5.70. The van der Waals surface area contributed by atoms with Gasteiger partial charge in [0.25, 0.3) is 0 Å². The molecule has 5 nitrogen and oxygen atoms in total. The molecule has 2 aliphatic rings. The summed E-state index contributed by atoms with van der Waals surface area (Å²) in [6.07, 6.45) is 4.23. The molecule has 0 spiro atoms. The maximum Gasteiger partial charge on any atom is 0.132 e. The largest absolute Gasteiger partial charge is 0.392 e. The summed E-state index contributed by atoms with van der Waals surface area (Å²) >= 11 is 0. The van der Waals surface area contributed by atoms with Crippen molar-refractivity contribution >= 4 is 11.9 Å². The molecule has 120 valence electrons. The third-order valence-electron chi connectivity index (χ3n) is 4.13. The first-order chi connectivity index (χ1) is 10.8. The molecule has 22 heavy (non-hydrogen) atoms. The zero-order valence-corrected chi connectivity index (χ0v) is 13.1. The number of benzene rings is 1. The van der Waals surface area contributed by atoms with Crippen molar-refractivity contribution in [2.24, 2.45) is 5.16 Å². The van der Waals surface area contributed by atoms with Crippen LogP contribution in [0.3, 0.4) is 0 Å². The molecule has 5 heteroatoms. The van der Waals surface area contributed by atoms with E-state index in [4.69, 9.17) is 14.3 Å². The van der Waals surface area contributed by atoms with Crippen LogP contribution in [0.5, 0.6) is 0 Å². The number of hydrogen-bond acceptors (Lipinski definition) is 5. The molecule has 1 aromatic rings. The molecule has 1 heterocycles. The van der Waals surface area contributed by atoms with Gasteiger partial charge >= 0.3 is 0 Å². The fourth-order valence-corrected chi connectivity index (χ4v) is 2.75. The maximum absolute atomic E-state index is 5.50. The average molecular weight is 304 g/mol. The minimum Gasteiger partial charge on any atom is -0.392 e. The zero-order chi connectivity index (χ0) is 15.2.